The Morgan fingerprint density at radius 1 is 1.45 bits per heavy atom. The topological polar surface area (TPSA) is 30.7 Å². The molecule has 1 heterocycles. The minimum absolute atomic E-state index is 0.401. The van der Waals surface area contributed by atoms with Gasteiger partial charge < -0.3 is 4.57 Å². The summed E-state index contributed by atoms with van der Waals surface area (Å²) in [6, 6.07) is 0.401. The zero-order valence-corrected chi connectivity index (χ0v) is 7.20. The summed E-state index contributed by atoms with van der Waals surface area (Å²) >= 11 is 0. The van der Waals surface area contributed by atoms with Gasteiger partial charge in [0.05, 0.1) is 0 Å². The summed E-state index contributed by atoms with van der Waals surface area (Å²) in [5.74, 6) is 1.78. The molecule has 0 N–H and O–H groups in total. The summed E-state index contributed by atoms with van der Waals surface area (Å²) in [4.78, 5) is 0. The van der Waals surface area contributed by atoms with E-state index in [-0.39, 0.29) is 0 Å². The molecule has 3 heteroatoms. The van der Waals surface area contributed by atoms with Crippen LogP contribution in [0.25, 0.3) is 6.08 Å². The molecule has 0 saturated heterocycles. The molecule has 0 aliphatic heterocycles. The van der Waals surface area contributed by atoms with E-state index >= 15 is 0 Å². The first-order valence-electron chi connectivity index (χ1n) is 3.70. The van der Waals surface area contributed by atoms with Crippen LogP contribution in [0.2, 0.25) is 0 Å². The SMILES string of the molecule is C=Cc1nnc(C)n1C(C)C. The van der Waals surface area contributed by atoms with Crippen LogP contribution < -0.4 is 0 Å². The molecule has 0 radical (unpaired) electrons. The fourth-order valence-electron chi connectivity index (χ4n) is 1.16. The third-order valence-electron chi connectivity index (χ3n) is 1.59. The number of nitrogens with zero attached hydrogens (tertiary/aromatic N) is 3. The van der Waals surface area contributed by atoms with Crippen molar-refractivity contribution in [2.45, 2.75) is 26.8 Å². The number of aromatic nitrogens is 3. The van der Waals surface area contributed by atoms with E-state index in [1.165, 1.54) is 0 Å². The van der Waals surface area contributed by atoms with Gasteiger partial charge in [-0.25, -0.2) is 0 Å². The molecular weight excluding hydrogens is 138 g/mol. The lowest BCUT2D eigenvalue weighted by atomic mass is 10.3. The normalized spacial score (nSPS) is 10.5. The first-order chi connectivity index (χ1) is 5.16. The lowest BCUT2D eigenvalue weighted by molar-refractivity contribution is 0.577. The molecule has 0 bridgehead atoms. The first kappa shape index (κ1) is 7.98. The summed E-state index contributed by atoms with van der Waals surface area (Å²) in [7, 11) is 0. The van der Waals surface area contributed by atoms with Gasteiger partial charge in [-0.15, -0.1) is 10.2 Å². The van der Waals surface area contributed by atoms with Crippen molar-refractivity contribution in [3.63, 3.8) is 0 Å². The second-order valence-corrected chi connectivity index (χ2v) is 2.77. The zero-order chi connectivity index (χ0) is 8.43. The van der Waals surface area contributed by atoms with Crippen molar-refractivity contribution in [3.05, 3.63) is 18.2 Å². The predicted molar refractivity (Wildman–Crippen MR) is 45.2 cm³/mol. The van der Waals surface area contributed by atoms with Crippen LogP contribution in [0.5, 0.6) is 0 Å². The van der Waals surface area contributed by atoms with Crippen LogP contribution >= 0.6 is 0 Å². The Labute approximate surface area is 66.8 Å². The maximum Gasteiger partial charge on any atom is 0.156 e. The quantitative estimate of drug-likeness (QED) is 0.645. The van der Waals surface area contributed by atoms with Gasteiger partial charge in [-0.3, -0.25) is 0 Å². The predicted octanol–water partition coefficient (Wildman–Crippen LogP) is 1.81. The van der Waals surface area contributed by atoms with Crippen molar-refractivity contribution in [1.82, 2.24) is 14.8 Å². The Balaban J connectivity index is 3.17. The number of hydrogen-bond donors (Lipinski definition) is 0. The van der Waals surface area contributed by atoms with E-state index in [1.807, 2.05) is 11.5 Å². The van der Waals surface area contributed by atoms with Gasteiger partial charge in [0.15, 0.2) is 5.82 Å². The van der Waals surface area contributed by atoms with Gasteiger partial charge in [0, 0.05) is 6.04 Å². The van der Waals surface area contributed by atoms with E-state index in [1.54, 1.807) is 6.08 Å². The molecule has 0 atom stereocenters. The average Bonchev–Trinajstić information content (AvgIpc) is 2.30. The molecule has 0 aliphatic rings. The summed E-state index contributed by atoms with van der Waals surface area (Å²) in [6.45, 7) is 9.81. The molecule has 0 fully saturated rings. The molecule has 1 rings (SSSR count). The molecule has 60 valence electrons. The Bertz CT molecular complexity index is 260. The Morgan fingerprint density at radius 3 is 2.45 bits per heavy atom. The summed E-state index contributed by atoms with van der Waals surface area (Å²) in [5, 5.41) is 7.90. The lowest BCUT2D eigenvalue weighted by Gasteiger charge is -2.09. The molecule has 0 aromatic carbocycles. The fraction of sp³-hybridized carbons (Fsp3) is 0.500. The van der Waals surface area contributed by atoms with Crippen molar-refractivity contribution in [2.75, 3.05) is 0 Å². The van der Waals surface area contributed by atoms with Crippen molar-refractivity contribution in [1.29, 1.82) is 0 Å². The smallest absolute Gasteiger partial charge is 0.156 e. The summed E-state index contributed by atoms with van der Waals surface area (Å²) < 4.78 is 2.05. The third-order valence-corrected chi connectivity index (χ3v) is 1.59. The highest BCUT2D eigenvalue weighted by Crippen LogP contribution is 2.10. The Hall–Kier alpha value is -1.12. The standard InChI is InChI=1S/C8H13N3/c1-5-8-10-9-7(4)11(8)6(2)3/h5-6H,1H2,2-4H3. The average molecular weight is 151 g/mol. The van der Waals surface area contributed by atoms with Gasteiger partial charge in [-0.2, -0.15) is 0 Å². The monoisotopic (exact) mass is 151 g/mol. The largest absolute Gasteiger partial charge is 0.309 e. The molecular formula is C8H13N3. The van der Waals surface area contributed by atoms with E-state index in [9.17, 15) is 0 Å². The van der Waals surface area contributed by atoms with Gasteiger partial charge in [-0.05, 0) is 26.8 Å². The molecule has 11 heavy (non-hydrogen) atoms. The molecule has 0 unspecified atom stereocenters. The third kappa shape index (κ3) is 1.31. The van der Waals surface area contributed by atoms with Gasteiger partial charge >= 0.3 is 0 Å². The highest BCUT2D eigenvalue weighted by atomic mass is 15.3. The van der Waals surface area contributed by atoms with Crippen molar-refractivity contribution >= 4 is 6.08 Å². The van der Waals surface area contributed by atoms with Gasteiger partial charge in [0.1, 0.15) is 5.82 Å². The van der Waals surface area contributed by atoms with E-state index in [0.29, 0.717) is 6.04 Å². The van der Waals surface area contributed by atoms with Gasteiger partial charge in [-0.1, -0.05) is 6.58 Å². The van der Waals surface area contributed by atoms with Crippen LogP contribution in [0.4, 0.5) is 0 Å². The Kier molecular flexibility index (Phi) is 2.08. The summed E-state index contributed by atoms with van der Waals surface area (Å²) in [5.41, 5.74) is 0. The molecule has 0 aliphatic carbocycles. The van der Waals surface area contributed by atoms with Crippen molar-refractivity contribution in [2.24, 2.45) is 0 Å². The summed E-state index contributed by atoms with van der Waals surface area (Å²) in [6.07, 6.45) is 1.72. The van der Waals surface area contributed by atoms with Crippen LogP contribution in [0.15, 0.2) is 6.58 Å². The van der Waals surface area contributed by atoms with Gasteiger partial charge in [0.25, 0.3) is 0 Å². The van der Waals surface area contributed by atoms with E-state index < -0.39 is 0 Å². The lowest BCUT2D eigenvalue weighted by Crippen LogP contribution is -2.04. The molecule has 0 saturated carbocycles. The maximum absolute atomic E-state index is 3.95. The number of aryl methyl sites for hydroxylation is 1. The minimum atomic E-state index is 0.401. The molecule has 1 aromatic heterocycles. The van der Waals surface area contributed by atoms with E-state index in [0.717, 1.165) is 11.6 Å². The van der Waals surface area contributed by atoms with Crippen LogP contribution in [0, 0.1) is 6.92 Å². The van der Waals surface area contributed by atoms with E-state index in [4.69, 9.17) is 0 Å². The van der Waals surface area contributed by atoms with Crippen LogP contribution in [-0.4, -0.2) is 14.8 Å². The molecule has 0 amide bonds. The van der Waals surface area contributed by atoms with Gasteiger partial charge in [0.2, 0.25) is 0 Å². The molecule has 1 aromatic rings. The molecule has 0 spiro atoms. The molecule has 3 nitrogen and oxygen atoms in total. The number of hydrogen-bond acceptors (Lipinski definition) is 2. The van der Waals surface area contributed by atoms with Crippen molar-refractivity contribution < 1.29 is 0 Å². The first-order valence-corrected chi connectivity index (χ1v) is 3.70. The van der Waals surface area contributed by atoms with Crippen LogP contribution in [0.3, 0.4) is 0 Å². The van der Waals surface area contributed by atoms with E-state index in [2.05, 4.69) is 30.6 Å². The highest BCUT2D eigenvalue weighted by molar-refractivity contribution is 5.36. The fourth-order valence-corrected chi connectivity index (χ4v) is 1.16. The van der Waals surface area contributed by atoms with Crippen LogP contribution in [0.1, 0.15) is 31.5 Å². The maximum atomic E-state index is 3.95. The Morgan fingerprint density at radius 2 is 2.09 bits per heavy atom. The zero-order valence-electron chi connectivity index (χ0n) is 7.20. The number of rotatable bonds is 2. The second-order valence-electron chi connectivity index (χ2n) is 2.77. The second kappa shape index (κ2) is 2.86. The highest BCUT2D eigenvalue weighted by Gasteiger charge is 2.07. The van der Waals surface area contributed by atoms with Crippen LogP contribution in [-0.2, 0) is 0 Å². The van der Waals surface area contributed by atoms with Crippen molar-refractivity contribution in [3.8, 4) is 0 Å². The minimum Gasteiger partial charge on any atom is -0.309 e.